The second-order valence-electron chi connectivity index (χ2n) is 4.73. The third-order valence-electron chi connectivity index (χ3n) is 3.30. The minimum atomic E-state index is -0.111. The van der Waals surface area contributed by atoms with E-state index in [-0.39, 0.29) is 6.10 Å². The van der Waals surface area contributed by atoms with E-state index in [0.717, 1.165) is 22.9 Å². The van der Waals surface area contributed by atoms with Crippen LogP contribution in [0.4, 0.5) is 0 Å². The second kappa shape index (κ2) is 6.37. The van der Waals surface area contributed by atoms with Gasteiger partial charge in [0.15, 0.2) is 0 Å². The van der Waals surface area contributed by atoms with Gasteiger partial charge in [0.25, 0.3) is 0 Å². The molecule has 3 rings (SSSR count). The molecule has 108 valence electrons. The molecular formula is C16H14Cl2N2O. The van der Waals surface area contributed by atoms with Crippen molar-refractivity contribution in [2.24, 2.45) is 0 Å². The van der Waals surface area contributed by atoms with Crippen LogP contribution in [0.25, 0.3) is 10.9 Å². The van der Waals surface area contributed by atoms with E-state index < -0.39 is 0 Å². The first-order valence-corrected chi connectivity index (χ1v) is 7.59. The molecule has 0 fully saturated rings. The molecule has 0 aliphatic rings. The zero-order chi connectivity index (χ0) is 14.7. The highest BCUT2D eigenvalue weighted by Gasteiger charge is 2.15. The van der Waals surface area contributed by atoms with Crippen LogP contribution >= 0.6 is 23.2 Å². The lowest BCUT2D eigenvalue weighted by atomic mass is 10.1. The molecule has 0 radical (unpaired) electrons. The largest absolute Gasteiger partial charge is 0.485 e. The summed E-state index contributed by atoms with van der Waals surface area (Å²) in [7, 11) is 0. The fourth-order valence-electron chi connectivity index (χ4n) is 2.30. The molecule has 0 unspecified atom stereocenters. The van der Waals surface area contributed by atoms with Crippen LogP contribution in [0.15, 0.2) is 48.7 Å². The molecule has 0 bridgehead atoms. The van der Waals surface area contributed by atoms with Crippen molar-refractivity contribution < 1.29 is 4.74 Å². The third-order valence-corrected chi connectivity index (χ3v) is 3.73. The number of rotatable bonds is 5. The summed E-state index contributed by atoms with van der Waals surface area (Å²) in [4.78, 5) is 0. The summed E-state index contributed by atoms with van der Waals surface area (Å²) in [6, 6.07) is 13.7. The van der Waals surface area contributed by atoms with Crippen LogP contribution < -0.4 is 4.74 Å². The highest BCUT2D eigenvalue weighted by atomic mass is 35.5. The van der Waals surface area contributed by atoms with E-state index in [4.69, 9.17) is 27.9 Å². The Morgan fingerprint density at radius 2 is 2.00 bits per heavy atom. The van der Waals surface area contributed by atoms with Crippen molar-refractivity contribution in [2.45, 2.75) is 12.5 Å². The summed E-state index contributed by atoms with van der Waals surface area (Å²) >= 11 is 12.0. The van der Waals surface area contributed by atoms with Crippen molar-refractivity contribution in [1.82, 2.24) is 10.2 Å². The summed E-state index contributed by atoms with van der Waals surface area (Å²) in [5.74, 6) is 1.24. The number of alkyl halides is 1. The van der Waals surface area contributed by atoms with Crippen molar-refractivity contribution in [2.75, 3.05) is 5.88 Å². The molecule has 1 atom stereocenters. The Kier molecular flexibility index (Phi) is 4.32. The molecule has 2 aromatic carbocycles. The third kappa shape index (κ3) is 3.14. The van der Waals surface area contributed by atoms with Crippen molar-refractivity contribution in [3.05, 3.63) is 59.2 Å². The van der Waals surface area contributed by atoms with Gasteiger partial charge in [-0.3, -0.25) is 5.10 Å². The second-order valence-corrected chi connectivity index (χ2v) is 5.54. The summed E-state index contributed by atoms with van der Waals surface area (Å²) in [6.07, 6.45) is 2.35. The van der Waals surface area contributed by atoms with Gasteiger partial charge in [-0.1, -0.05) is 41.9 Å². The van der Waals surface area contributed by atoms with Crippen LogP contribution in [-0.4, -0.2) is 16.1 Å². The maximum absolute atomic E-state index is 6.16. The highest BCUT2D eigenvalue weighted by molar-refractivity contribution is 6.31. The Bertz CT molecular complexity index is 727. The van der Waals surface area contributed by atoms with E-state index in [1.165, 1.54) is 0 Å². The maximum atomic E-state index is 6.16. The van der Waals surface area contributed by atoms with Crippen LogP contribution in [0.1, 0.15) is 18.1 Å². The Balaban J connectivity index is 1.96. The molecule has 0 saturated heterocycles. The lowest BCUT2D eigenvalue weighted by molar-refractivity contribution is 0.205. The Labute approximate surface area is 132 Å². The fraction of sp³-hybridized carbons (Fsp3) is 0.188. The first kappa shape index (κ1) is 14.2. The van der Waals surface area contributed by atoms with Gasteiger partial charge in [-0.15, -0.1) is 11.6 Å². The minimum absolute atomic E-state index is 0.111. The molecule has 0 saturated carbocycles. The van der Waals surface area contributed by atoms with E-state index in [1.54, 1.807) is 6.20 Å². The first-order chi connectivity index (χ1) is 10.3. The Morgan fingerprint density at radius 1 is 1.19 bits per heavy atom. The number of hydrogen-bond acceptors (Lipinski definition) is 2. The molecule has 0 amide bonds. The molecule has 21 heavy (non-hydrogen) atoms. The predicted molar refractivity (Wildman–Crippen MR) is 86.3 cm³/mol. The molecular weight excluding hydrogens is 307 g/mol. The van der Waals surface area contributed by atoms with Gasteiger partial charge in [0.05, 0.1) is 17.1 Å². The van der Waals surface area contributed by atoms with E-state index in [0.29, 0.717) is 16.7 Å². The quantitative estimate of drug-likeness (QED) is 0.674. The number of halogens is 2. The molecule has 0 aliphatic carbocycles. The average Bonchev–Trinajstić information content (AvgIpc) is 2.96. The van der Waals surface area contributed by atoms with Crippen molar-refractivity contribution in [3.8, 4) is 5.75 Å². The molecule has 1 aromatic heterocycles. The molecule has 5 heteroatoms. The van der Waals surface area contributed by atoms with Crippen molar-refractivity contribution >= 4 is 34.1 Å². The SMILES string of the molecule is ClCC[C@@H](Oc1cc(Cl)cc2[nH]ncc12)c1ccccc1. The lowest BCUT2D eigenvalue weighted by Gasteiger charge is -2.19. The van der Waals surface area contributed by atoms with E-state index in [1.807, 2.05) is 42.5 Å². The standard InChI is InChI=1S/C16H14Cl2N2O/c17-7-6-15(11-4-2-1-3-5-11)21-16-9-12(18)8-14-13(16)10-19-20-14/h1-5,8-10,15H,6-7H2,(H,19,20)/t15-/m1/s1. The fourth-order valence-corrected chi connectivity index (χ4v) is 2.70. The number of aromatic amines is 1. The molecule has 3 aromatic rings. The predicted octanol–water partition coefficient (Wildman–Crippen LogP) is 4.97. The van der Waals surface area contributed by atoms with Gasteiger partial charge in [-0.2, -0.15) is 5.10 Å². The number of fused-ring (bicyclic) bond motifs is 1. The van der Waals surface area contributed by atoms with Gasteiger partial charge in [0.1, 0.15) is 11.9 Å². The normalized spacial score (nSPS) is 12.5. The molecule has 1 N–H and O–H groups in total. The number of H-pyrrole nitrogens is 1. The summed E-state index contributed by atoms with van der Waals surface area (Å²) in [6.45, 7) is 0. The van der Waals surface area contributed by atoms with Crippen LogP contribution in [0.3, 0.4) is 0 Å². The molecule has 0 spiro atoms. The zero-order valence-corrected chi connectivity index (χ0v) is 12.7. The van der Waals surface area contributed by atoms with Crippen LogP contribution in [0.2, 0.25) is 5.02 Å². The van der Waals surface area contributed by atoms with Gasteiger partial charge >= 0.3 is 0 Å². The van der Waals surface area contributed by atoms with E-state index in [2.05, 4.69) is 10.2 Å². The van der Waals surface area contributed by atoms with Crippen molar-refractivity contribution in [3.63, 3.8) is 0 Å². The Morgan fingerprint density at radius 3 is 2.76 bits per heavy atom. The number of hydrogen-bond donors (Lipinski definition) is 1. The Hall–Kier alpha value is -1.71. The minimum Gasteiger partial charge on any atom is -0.485 e. The summed E-state index contributed by atoms with van der Waals surface area (Å²) < 4.78 is 6.16. The maximum Gasteiger partial charge on any atom is 0.132 e. The molecule has 0 aliphatic heterocycles. The number of nitrogens with one attached hydrogen (secondary N) is 1. The van der Waals surface area contributed by atoms with E-state index in [9.17, 15) is 0 Å². The topological polar surface area (TPSA) is 37.9 Å². The van der Waals surface area contributed by atoms with Crippen LogP contribution in [-0.2, 0) is 0 Å². The van der Waals surface area contributed by atoms with Crippen LogP contribution in [0.5, 0.6) is 5.75 Å². The molecule has 1 heterocycles. The monoisotopic (exact) mass is 320 g/mol. The van der Waals surface area contributed by atoms with Gasteiger partial charge in [0.2, 0.25) is 0 Å². The van der Waals surface area contributed by atoms with Gasteiger partial charge in [-0.25, -0.2) is 0 Å². The smallest absolute Gasteiger partial charge is 0.132 e. The lowest BCUT2D eigenvalue weighted by Crippen LogP contribution is -2.08. The molecule has 3 nitrogen and oxygen atoms in total. The highest BCUT2D eigenvalue weighted by Crippen LogP contribution is 2.33. The van der Waals surface area contributed by atoms with Crippen LogP contribution in [0, 0.1) is 0 Å². The number of benzene rings is 2. The number of nitrogens with zero attached hydrogens (tertiary/aromatic N) is 1. The first-order valence-electron chi connectivity index (χ1n) is 6.68. The number of ether oxygens (including phenoxy) is 1. The van der Waals surface area contributed by atoms with Gasteiger partial charge in [0, 0.05) is 17.3 Å². The average molecular weight is 321 g/mol. The number of aromatic nitrogens is 2. The van der Waals surface area contributed by atoms with Gasteiger partial charge in [-0.05, 0) is 17.7 Å². The zero-order valence-electron chi connectivity index (χ0n) is 11.2. The van der Waals surface area contributed by atoms with E-state index >= 15 is 0 Å². The van der Waals surface area contributed by atoms with Crippen molar-refractivity contribution in [1.29, 1.82) is 0 Å². The summed E-state index contributed by atoms with van der Waals surface area (Å²) in [5, 5.41) is 8.47. The summed E-state index contributed by atoms with van der Waals surface area (Å²) in [5.41, 5.74) is 1.95. The van der Waals surface area contributed by atoms with Gasteiger partial charge < -0.3 is 4.74 Å².